The average molecular weight is 169 g/mol. The highest BCUT2D eigenvalue weighted by Crippen LogP contribution is 2.24. The number of furan rings is 1. The Morgan fingerprint density at radius 2 is 2.17 bits per heavy atom. The normalized spacial score (nSPS) is 13.4. The van der Waals surface area contributed by atoms with Gasteiger partial charge in [-0.25, -0.2) is 0 Å². The summed E-state index contributed by atoms with van der Waals surface area (Å²) in [6, 6.07) is 1.85. The standard InChI is InChI=1S/C9H15NO2/c1-6(2)9(10)7-4-8(11-3)12-5-7/h4-6,9H,10H2,1-3H3/t9-/m1/s1. The molecule has 0 spiro atoms. The molecule has 0 radical (unpaired) electrons. The lowest BCUT2D eigenvalue weighted by molar-refractivity contribution is 0.305. The van der Waals surface area contributed by atoms with E-state index in [1.54, 1.807) is 13.4 Å². The van der Waals surface area contributed by atoms with Crippen LogP contribution in [0.5, 0.6) is 5.95 Å². The minimum atomic E-state index is 0.0256. The molecule has 1 heterocycles. The maximum atomic E-state index is 5.89. The fraction of sp³-hybridized carbons (Fsp3) is 0.556. The van der Waals surface area contributed by atoms with E-state index in [4.69, 9.17) is 14.9 Å². The van der Waals surface area contributed by atoms with Crippen molar-refractivity contribution in [2.75, 3.05) is 7.11 Å². The number of ether oxygens (including phenoxy) is 1. The van der Waals surface area contributed by atoms with Gasteiger partial charge in [-0.3, -0.25) is 0 Å². The van der Waals surface area contributed by atoms with Gasteiger partial charge in [0.05, 0.1) is 13.4 Å². The zero-order valence-electron chi connectivity index (χ0n) is 7.70. The maximum Gasteiger partial charge on any atom is 0.284 e. The first-order chi connectivity index (χ1) is 5.65. The number of methoxy groups -OCH3 is 1. The molecule has 0 saturated carbocycles. The lowest BCUT2D eigenvalue weighted by Crippen LogP contribution is -2.15. The van der Waals surface area contributed by atoms with Gasteiger partial charge in [-0.05, 0) is 5.92 Å². The second-order valence-electron chi connectivity index (χ2n) is 3.17. The SMILES string of the molecule is COc1cc([C@H](N)C(C)C)co1. The molecule has 0 fully saturated rings. The Balaban J connectivity index is 2.74. The molecule has 0 aromatic carbocycles. The number of nitrogens with two attached hydrogens (primary N) is 1. The number of hydrogen-bond acceptors (Lipinski definition) is 3. The van der Waals surface area contributed by atoms with Crippen LogP contribution in [0.3, 0.4) is 0 Å². The molecule has 0 aliphatic rings. The highest BCUT2D eigenvalue weighted by atomic mass is 16.6. The molecule has 0 aliphatic carbocycles. The van der Waals surface area contributed by atoms with Crippen molar-refractivity contribution in [2.24, 2.45) is 11.7 Å². The lowest BCUT2D eigenvalue weighted by Gasteiger charge is -2.12. The van der Waals surface area contributed by atoms with Crippen LogP contribution in [0, 0.1) is 5.92 Å². The maximum absolute atomic E-state index is 5.89. The highest BCUT2D eigenvalue weighted by Gasteiger charge is 2.13. The molecule has 1 atom stereocenters. The predicted octanol–water partition coefficient (Wildman–Crippen LogP) is 1.94. The Bertz CT molecular complexity index is 242. The summed E-state index contributed by atoms with van der Waals surface area (Å²) in [5.41, 5.74) is 6.88. The van der Waals surface area contributed by atoms with E-state index < -0.39 is 0 Å². The molecule has 1 aromatic rings. The summed E-state index contributed by atoms with van der Waals surface area (Å²) in [6.07, 6.45) is 1.64. The van der Waals surface area contributed by atoms with E-state index in [-0.39, 0.29) is 6.04 Å². The molecule has 0 amide bonds. The first-order valence-corrected chi connectivity index (χ1v) is 4.03. The Labute approximate surface area is 72.5 Å². The summed E-state index contributed by atoms with van der Waals surface area (Å²) in [4.78, 5) is 0. The van der Waals surface area contributed by atoms with Gasteiger partial charge in [-0.1, -0.05) is 13.8 Å². The molecule has 0 unspecified atom stereocenters. The van der Waals surface area contributed by atoms with Crippen LogP contribution in [0.15, 0.2) is 16.7 Å². The van der Waals surface area contributed by atoms with Crippen LogP contribution < -0.4 is 10.5 Å². The second-order valence-corrected chi connectivity index (χ2v) is 3.17. The fourth-order valence-electron chi connectivity index (χ4n) is 0.997. The van der Waals surface area contributed by atoms with Crippen LogP contribution in [0.2, 0.25) is 0 Å². The quantitative estimate of drug-likeness (QED) is 0.752. The fourth-order valence-corrected chi connectivity index (χ4v) is 0.997. The molecule has 1 rings (SSSR count). The molecule has 12 heavy (non-hydrogen) atoms. The van der Waals surface area contributed by atoms with Crippen molar-refractivity contribution in [1.82, 2.24) is 0 Å². The average Bonchev–Trinajstić information content (AvgIpc) is 2.50. The molecule has 2 N–H and O–H groups in total. The van der Waals surface area contributed by atoms with Crippen molar-refractivity contribution in [1.29, 1.82) is 0 Å². The second kappa shape index (κ2) is 3.63. The van der Waals surface area contributed by atoms with Crippen LogP contribution in [0.4, 0.5) is 0 Å². The summed E-state index contributed by atoms with van der Waals surface area (Å²) >= 11 is 0. The van der Waals surface area contributed by atoms with Crippen LogP contribution >= 0.6 is 0 Å². The van der Waals surface area contributed by atoms with Crippen LogP contribution in [-0.4, -0.2) is 7.11 Å². The van der Waals surface area contributed by atoms with E-state index in [0.29, 0.717) is 11.9 Å². The molecular formula is C9H15NO2. The Morgan fingerprint density at radius 3 is 2.58 bits per heavy atom. The minimum Gasteiger partial charge on any atom is -0.468 e. The van der Waals surface area contributed by atoms with Crippen molar-refractivity contribution >= 4 is 0 Å². The van der Waals surface area contributed by atoms with Crippen LogP contribution in [0.25, 0.3) is 0 Å². The summed E-state index contributed by atoms with van der Waals surface area (Å²) in [6.45, 7) is 4.15. The van der Waals surface area contributed by atoms with Crippen molar-refractivity contribution in [3.63, 3.8) is 0 Å². The predicted molar refractivity (Wildman–Crippen MR) is 47.0 cm³/mol. The monoisotopic (exact) mass is 169 g/mol. The molecule has 68 valence electrons. The minimum absolute atomic E-state index is 0.0256. The van der Waals surface area contributed by atoms with E-state index in [0.717, 1.165) is 5.56 Å². The molecule has 0 saturated heterocycles. The Hall–Kier alpha value is -0.960. The molecule has 1 aromatic heterocycles. The molecule has 3 nitrogen and oxygen atoms in total. The van der Waals surface area contributed by atoms with Gasteiger partial charge < -0.3 is 14.9 Å². The van der Waals surface area contributed by atoms with Gasteiger partial charge in [0.25, 0.3) is 5.95 Å². The van der Waals surface area contributed by atoms with Gasteiger partial charge in [0.15, 0.2) is 0 Å². The van der Waals surface area contributed by atoms with Crippen LogP contribution in [0.1, 0.15) is 25.5 Å². The smallest absolute Gasteiger partial charge is 0.284 e. The summed E-state index contributed by atoms with van der Waals surface area (Å²) in [5, 5.41) is 0. The van der Waals surface area contributed by atoms with Gasteiger partial charge in [-0.15, -0.1) is 0 Å². The number of hydrogen-bond donors (Lipinski definition) is 1. The zero-order valence-corrected chi connectivity index (χ0v) is 7.70. The zero-order chi connectivity index (χ0) is 9.14. The highest BCUT2D eigenvalue weighted by molar-refractivity contribution is 5.20. The molecule has 0 aliphatic heterocycles. The van der Waals surface area contributed by atoms with E-state index in [1.165, 1.54) is 0 Å². The third kappa shape index (κ3) is 1.80. The van der Waals surface area contributed by atoms with Crippen molar-refractivity contribution < 1.29 is 9.15 Å². The van der Waals surface area contributed by atoms with Gasteiger partial charge >= 0.3 is 0 Å². The first kappa shape index (κ1) is 9.13. The molecule has 0 bridgehead atoms. The van der Waals surface area contributed by atoms with Crippen molar-refractivity contribution in [3.8, 4) is 5.95 Å². The third-order valence-electron chi connectivity index (χ3n) is 1.90. The van der Waals surface area contributed by atoms with Crippen molar-refractivity contribution in [2.45, 2.75) is 19.9 Å². The molecular weight excluding hydrogens is 154 g/mol. The molecule has 3 heteroatoms. The van der Waals surface area contributed by atoms with Crippen LogP contribution in [-0.2, 0) is 0 Å². The van der Waals surface area contributed by atoms with Gasteiger partial charge in [0, 0.05) is 17.7 Å². The third-order valence-corrected chi connectivity index (χ3v) is 1.90. The van der Waals surface area contributed by atoms with E-state index in [2.05, 4.69) is 13.8 Å². The van der Waals surface area contributed by atoms with Gasteiger partial charge in [-0.2, -0.15) is 0 Å². The van der Waals surface area contributed by atoms with E-state index >= 15 is 0 Å². The topological polar surface area (TPSA) is 48.4 Å². The van der Waals surface area contributed by atoms with E-state index in [9.17, 15) is 0 Å². The Morgan fingerprint density at radius 1 is 1.50 bits per heavy atom. The van der Waals surface area contributed by atoms with E-state index in [1.807, 2.05) is 6.07 Å². The van der Waals surface area contributed by atoms with Gasteiger partial charge in [0.2, 0.25) is 0 Å². The summed E-state index contributed by atoms with van der Waals surface area (Å²) < 4.78 is 9.99. The van der Waals surface area contributed by atoms with Crippen molar-refractivity contribution in [3.05, 3.63) is 17.9 Å². The summed E-state index contributed by atoms with van der Waals surface area (Å²) in [7, 11) is 1.57. The summed E-state index contributed by atoms with van der Waals surface area (Å²) in [5.74, 6) is 0.924. The number of rotatable bonds is 3. The van der Waals surface area contributed by atoms with Gasteiger partial charge in [0.1, 0.15) is 0 Å². The first-order valence-electron chi connectivity index (χ1n) is 4.03. The lowest BCUT2D eigenvalue weighted by atomic mass is 10.00. The largest absolute Gasteiger partial charge is 0.468 e. The Kier molecular flexibility index (Phi) is 2.76.